The summed E-state index contributed by atoms with van der Waals surface area (Å²) in [7, 11) is 0. The lowest BCUT2D eigenvalue weighted by atomic mass is 9.98. The highest BCUT2D eigenvalue weighted by molar-refractivity contribution is 9.10. The van der Waals surface area contributed by atoms with Crippen LogP contribution in [-0.2, 0) is 0 Å². The molecule has 626 valence electrons. The first-order valence-electron chi connectivity index (χ1n) is 41.7. The third-order valence-corrected chi connectivity index (χ3v) is 31.6. The maximum atomic E-state index is 6.16. The van der Waals surface area contributed by atoms with Gasteiger partial charge in [0.15, 0.2) is 0 Å². The van der Waals surface area contributed by atoms with Crippen molar-refractivity contribution in [1.82, 2.24) is 59.8 Å². The fourth-order valence-electron chi connectivity index (χ4n) is 17.9. The van der Waals surface area contributed by atoms with Crippen LogP contribution in [0.4, 0.5) is 0 Å². The Bertz CT molecular complexity index is 9470. The molecule has 24 heteroatoms. The van der Waals surface area contributed by atoms with Crippen LogP contribution in [-0.4, -0.2) is 59.8 Å². The molecular weight excluding hydrogens is 1960 g/mol. The molecule has 0 aliphatic rings. The van der Waals surface area contributed by atoms with Gasteiger partial charge in [-0.15, -0.1) is 68.0 Å². The number of rotatable bonds is 2. The average molecular weight is 2020 g/mol. The molecule has 29 rings (SSSR count). The molecule has 0 amide bonds. The summed E-state index contributed by atoms with van der Waals surface area (Å²) in [6.45, 7) is 0. The molecule has 0 aliphatic carbocycles. The lowest BCUT2D eigenvalue weighted by molar-refractivity contribution is 1.27. The van der Waals surface area contributed by atoms with E-state index in [0.29, 0.717) is 20.4 Å². The van der Waals surface area contributed by atoms with Gasteiger partial charge in [-0.3, -0.25) is 19.9 Å². The summed E-state index contributed by atoms with van der Waals surface area (Å²) >= 11 is 41.1. The Balaban J connectivity index is 0.0000000879. The minimum atomic E-state index is 0.438. The van der Waals surface area contributed by atoms with Crippen LogP contribution in [0.1, 0.15) is 0 Å². The van der Waals surface area contributed by atoms with Crippen LogP contribution in [0.2, 0.25) is 20.4 Å². The normalized spacial score (nSPS) is 11.7. The van der Waals surface area contributed by atoms with Gasteiger partial charge in [-0.05, 0) is 155 Å². The second kappa shape index (κ2) is 34.3. The van der Waals surface area contributed by atoms with Gasteiger partial charge in [0, 0.05) is 97.8 Å². The Labute approximate surface area is 810 Å². The molecule has 12 nitrogen and oxygen atoms in total. The average Bonchev–Trinajstić information content (AvgIpc) is 1.54. The monoisotopic (exact) mass is 2010 g/mol. The van der Waals surface area contributed by atoms with Crippen molar-refractivity contribution in [3.05, 3.63) is 370 Å². The van der Waals surface area contributed by atoms with Crippen LogP contribution < -0.4 is 0 Å². The molecule has 0 N–H and O–H groups in total. The summed E-state index contributed by atoms with van der Waals surface area (Å²) in [6.07, 6.45) is 10.5. The number of halogens is 6. The van der Waals surface area contributed by atoms with Crippen molar-refractivity contribution in [3.8, 4) is 22.5 Å². The summed E-state index contributed by atoms with van der Waals surface area (Å²) in [6, 6.07) is 105. The van der Waals surface area contributed by atoms with Crippen LogP contribution in [0.25, 0.3) is 242 Å². The molecule has 29 aromatic rings. The van der Waals surface area contributed by atoms with E-state index in [1.807, 2.05) is 67.0 Å². The van der Waals surface area contributed by atoms with Crippen LogP contribution in [0, 0.1) is 0 Å². The lowest BCUT2D eigenvalue weighted by Gasteiger charge is -2.06. The van der Waals surface area contributed by atoms with Crippen molar-refractivity contribution in [2.24, 2.45) is 0 Å². The molecular formula is C108H56Br2Cl4N12S6. The number of nitrogens with zero attached hydrogens (tertiary/aromatic N) is 12. The van der Waals surface area contributed by atoms with Crippen LogP contribution >= 0.6 is 146 Å². The molecule has 0 spiro atoms. The molecule has 0 atom stereocenters. The second-order valence-electron chi connectivity index (χ2n) is 31.2. The van der Waals surface area contributed by atoms with E-state index < -0.39 is 0 Å². The van der Waals surface area contributed by atoms with Crippen molar-refractivity contribution in [2.75, 3.05) is 0 Å². The van der Waals surface area contributed by atoms with E-state index in [-0.39, 0.29) is 0 Å². The molecule has 0 unspecified atom stereocenters. The van der Waals surface area contributed by atoms with Gasteiger partial charge in [0.25, 0.3) is 0 Å². The van der Waals surface area contributed by atoms with Gasteiger partial charge in [0.05, 0.1) is 48.6 Å². The highest BCUT2D eigenvalue weighted by Gasteiger charge is 2.22. The first-order chi connectivity index (χ1) is 64.9. The predicted octanol–water partition coefficient (Wildman–Crippen LogP) is 34.9. The van der Waals surface area contributed by atoms with Gasteiger partial charge >= 0.3 is 0 Å². The molecule has 132 heavy (non-hydrogen) atoms. The van der Waals surface area contributed by atoms with Crippen molar-refractivity contribution in [2.45, 2.75) is 0 Å². The lowest BCUT2D eigenvalue weighted by Crippen LogP contribution is -1.86. The van der Waals surface area contributed by atoms with Gasteiger partial charge in [-0.25, -0.2) is 39.9 Å². The second-order valence-corrected chi connectivity index (χ2v) is 40.6. The Morgan fingerprint density at radius 2 is 0.462 bits per heavy atom. The van der Waals surface area contributed by atoms with E-state index in [0.717, 1.165) is 93.8 Å². The fraction of sp³-hybridized carbons (Fsp3) is 0. The first-order valence-corrected chi connectivity index (χ1v) is 49.7. The quantitative estimate of drug-likeness (QED) is 0.151. The molecule has 0 aliphatic heterocycles. The van der Waals surface area contributed by atoms with Crippen LogP contribution in [0.3, 0.4) is 0 Å². The minimum absolute atomic E-state index is 0.438. The molecule has 0 saturated carbocycles. The maximum absolute atomic E-state index is 6.16. The molecule has 12 heterocycles. The SMILES string of the molecule is Brc1cnc2c(n1)sc1c3ccccc3c3ccccc3c21.Brc1cnc2c(n1)sc1ccc3ccccc3c12.Clc1cccc(-c2cnc3c(n2)sc2c4ccccc4c4ccccc4c32)c1.Clc1cccc(-c2cnc3c(n2)sc2ccc4ccccc4c23)c1.Clc1cnc2c(n1)sc1c3ccccc3c3ccccc3c21.Clc1cnc2c(n1)sc1ccc3ccccc3c12. The van der Waals surface area contributed by atoms with Crippen molar-refractivity contribution in [3.63, 3.8) is 0 Å². The van der Waals surface area contributed by atoms with Gasteiger partial charge in [-0.1, -0.05) is 307 Å². The Kier molecular flexibility index (Phi) is 21.4. The molecule has 0 radical (unpaired) electrons. The summed E-state index contributed by atoms with van der Waals surface area (Å²) in [5.41, 5.74) is 9.46. The smallest absolute Gasteiger partial charge is 0.149 e. The zero-order valence-electron chi connectivity index (χ0n) is 68.4. The largest absolute Gasteiger partial charge is 0.251 e. The van der Waals surface area contributed by atoms with Crippen molar-refractivity contribution >= 4 is 366 Å². The zero-order chi connectivity index (χ0) is 88.3. The number of thiophene rings is 6. The summed E-state index contributed by atoms with van der Waals surface area (Å²) in [5, 5.41) is 31.9. The third kappa shape index (κ3) is 14.7. The Hall–Kier alpha value is -13.0. The van der Waals surface area contributed by atoms with Gasteiger partial charge < -0.3 is 0 Å². The number of aromatic nitrogens is 12. The molecule has 0 fully saturated rings. The number of fused-ring (bicyclic) bond motifs is 39. The van der Waals surface area contributed by atoms with E-state index in [9.17, 15) is 0 Å². The molecule has 0 bridgehead atoms. The molecule has 0 saturated heterocycles. The molecule has 17 aromatic carbocycles. The Morgan fingerprint density at radius 1 is 0.205 bits per heavy atom. The first kappa shape index (κ1) is 82.2. The summed E-state index contributed by atoms with van der Waals surface area (Å²) in [4.78, 5) is 61.0. The highest BCUT2D eigenvalue weighted by Crippen LogP contribution is 2.49. The van der Waals surface area contributed by atoms with Crippen molar-refractivity contribution in [1.29, 1.82) is 0 Å². The number of hydrogen-bond acceptors (Lipinski definition) is 18. The maximum Gasteiger partial charge on any atom is 0.149 e. The van der Waals surface area contributed by atoms with E-state index in [1.165, 1.54) is 157 Å². The topological polar surface area (TPSA) is 155 Å². The Morgan fingerprint density at radius 3 is 0.811 bits per heavy atom. The zero-order valence-corrected chi connectivity index (χ0v) is 79.5. The minimum Gasteiger partial charge on any atom is -0.251 e. The summed E-state index contributed by atoms with van der Waals surface area (Å²) in [5.74, 6) is 0. The van der Waals surface area contributed by atoms with E-state index in [2.05, 4.69) is 320 Å². The van der Waals surface area contributed by atoms with Gasteiger partial charge in [-0.2, -0.15) is 0 Å². The van der Waals surface area contributed by atoms with Crippen LogP contribution in [0.15, 0.2) is 350 Å². The predicted molar refractivity (Wildman–Crippen MR) is 573 cm³/mol. The standard InChI is InChI=1S/C24H13ClN2S.C20H11ClN2S.C18H9BrN2S.C18H9ClN2S.C14H7BrN2S.C14H7ClN2S/c25-15-7-5-6-14(12-15)20-13-26-22-21-18-10-3-1-8-16(18)17-9-2-4-11-19(17)23(21)28-24(22)27-20;21-14-6-3-5-13(10-14)16-11-22-19-18-15-7-2-1-4-12(15)8-9-17(18)24-20(19)23-16;2*19-14-9-20-16-15-12-7-3-1-5-10(12)11-6-2-4-8-13(11)17(15)22-18(16)21-14;2*15-11-7-16-13-12-9-4-2-1-3-8(9)5-6-10(12)18-14(13)17-11/h1-13H;1-11H;2*1-9H;2*1-7H. The fourth-order valence-corrected chi connectivity index (χ4v) is 26.1. The van der Waals surface area contributed by atoms with E-state index >= 15 is 0 Å². The number of hydrogen-bond donors (Lipinski definition) is 0. The summed E-state index contributed by atoms with van der Waals surface area (Å²) < 4.78 is 8.95. The number of benzene rings is 17. The molecule has 12 aromatic heterocycles. The van der Waals surface area contributed by atoms with Crippen molar-refractivity contribution < 1.29 is 0 Å². The van der Waals surface area contributed by atoms with E-state index in [4.69, 9.17) is 66.3 Å². The van der Waals surface area contributed by atoms with Crippen LogP contribution in [0.5, 0.6) is 0 Å². The third-order valence-electron chi connectivity index (χ3n) is 23.5. The van der Waals surface area contributed by atoms with E-state index in [1.54, 1.807) is 92.8 Å². The van der Waals surface area contributed by atoms with Gasteiger partial charge in [0.1, 0.15) is 81.6 Å². The van der Waals surface area contributed by atoms with Gasteiger partial charge in [0.2, 0.25) is 0 Å². The highest BCUT2D eigenvalue weighted by atomic mass is 79.9.